The second kappa shape index (κ2) is 3.78. The maximum absolute atomic E-state index is 11.4. The molecule has 0 aliphatic carbocycles. The Balaban J connectivity index is 2.74. The number of aromatic amines is 1. The van der Waals surface area contributed by atoms with Gasteiger partial charge in [0.15, 0.2) is 0 Å². The molecule has 2 rings (SSSR count). The summed E-state index contributed by atoms with van der Waals surface area (Å²) in [5.41, 5.74) is 1.21. The van der Waals surface area contributed by atoms with Crippen LogP contribution in [0.3, 0.4) is 0 Å². The van der Waals surface area contributed by atoms with Gasteiger partial charge in [0.05, 0.1) is 11.4 Å². The Labute approximate surface area is 91.2 Å². The van der Waals surface area contributed by atoms with Crippen LogP contribution in [-0.4, -0.2) is 14.5 Å². The fraction of sp³-hybridized carbons (Fsp3) is 0.100. The standard InChI is InChI=1S/C10H9N3OS/c1-13-8(6-9(15)12-10(13)14)7-4-2-3-5-11-7/h2-6H,1H3,(H,12,14,15). The van der Waals surface area contributed by atoms with E-state index in [1.54, 1.807) is 19.3 Å². The van der Waals surface area contributed by atoms with Gasteiger partial charge in [-0.2, -0.15) is 0 Å². The molecule has 0 fully saturated rings. The predicted molar refractivity (Wildman–Crippen MR) is 60.1 cm³/mol. The van der Waals surface area contributed by atoms with Gasteiger partial charge in [-0.15, -0.1) is 0 Å². The summed E-state index contributed by atoms with van der Waals surface area (Å²) in [5.74, 6) is 0. The van der Waals surface area contributed by atoms with E-state index in [1.807, 2.05) is 18.2 Å². The van der Waals surface area contributed by atoms with Gasteiger partial charge in [-0.05, 0) is 18.2 Å². The van der Waals surface area contributed by atoms with E-state index in [0.717, 1.165) is 5.69 Å². The minimum Gasteiger partial charge on any atom is -0.298 e. The smallest absolute Gasteiger partial charge is 0.298 e. The van der Waals surface area contributed by atoms with E-state index in [2.05, 4.69) is 9.97 Å². The molecule has 0 spiro atoms. The summed E-state index contributed by atoms with van der Waals surface area (Å²) < 4.78 is 1.90. The van der Waals surface area contributed by atoms with Crippen molar-refractivity contribution in [1.29, 1.82) is 0 Å². The van der Waals surface area contributed by atoms with Gasteiger partial charge in [-0.25, -0.2) is 4.79 Å². The number of rotatable bonds is 1. The van der Waals surface area contributed by atoms with Crippen molar-refractivity contribution in [3.8, 4) is 11.4 Å². The number of hydrogen-bond donors (Lipinski definition) is 1. The zero-order valence-corrected chi connectivity index (χ0v) is 8.91. The van der Waals surface area contributed by atoms with E-state index < -0.39 is 0 Å². The molecule has 0 aliphatic heterocycles. The van der Waals surface area contributed by atoms with Crippen LogP contribution in [-0.2, 0) is 7.05 Å². The summed E-state index contributed by atoms with van der Waals surface area (Å²) in [6, 6.07) is 7.25. The van der Waals surface area contributed by atoms with E-state index in [-0.39, 0.29) is 5.69 Å². The van der Waals surface area contributed by atoms with Gasteiger partial charge in [0.2, 0.25) is 0 Å². The van der Waals surface area contributed by atoms with Crippen LogP contribution in [0.1, 0.15) is 0 Å². The van der Waals surface area contributed by atoms with Crippen molar-refractivity contribution in [3.63, 3.8) is 0 Å². The van der Waals surface area contributed by atoms with Crippen LogP contribution in [0, 0.1) is 4.64 Å². The van der Waals surface area contributed by atoms with E-state index in [1.165, 1.54) is 4.57 Å². The molecule has 0 aliphatic rings. The molecule has 0 unspecified atom stereocenters. The first kappa shape index (κ1) is 9.79. The Morgan fingerprint density at radius 2 is 2.27 bits per heavy atom. The third-order valence-corrected chi connectivity index (χ3v) is 2.31. The first-order valence-corrected chi connectivity index (χ1v) is 4.81. The summed E-state index contributed by atoms with van der Waals surface area (Å²) in [6.07, 6.45) is 1.68. The first-order valence-electron chi connectivity index (χ1n) is 4.40. The lowest BCUT2D eigenvalue weighted by molar-refractivity contribution is 0.812. The van der Waals surface area contributed by atoms with Gasteiger partial charge in [-0.1, -0.05) is 18.3 Å². The largest absolute Gasteiger partial charge is 0.326 e. The van der Waals surface area contributed by atoms with Crippen LogP contribution < -0.4 is 5.69 Å². The quantitative estimate of drug-likeness (QED) is 0.739. The monoisotopic (exact) mass is 219 g/mol. The second-order valence-corrected chi connectivity index (χ2v) is 3.54. The highest BCUT2D eigenvalue weighted by atomic mass is 32.1. The molecule has 5 heteroatoms. The molecule has 0 radical (unpaired) electrons. The Morgan fingerprint density at radius 1 is 1.47 bits per heavy atom. The maximum Gasteiger partial charge on any atom is 0.326 e. The van der Waals surface area contributed by atoms with Crippen molar-refractivity contribution >= 4 is 12.2 Å². The number of pyridine rings is 1. The summed E-state index contributed by atoms with van der Waals surface area (Å²) >= 11 is 4.95. The average Bonchev–Trinajstić information content (AvgIpc) is 2.24. The van der Waals surface area contributed by atoms with Crippen LogP contribution in [0.5, 0.6) is 0 Å². The van der Waals surface area contributed by atoms with Crippen molar-refractivity contribution in [2.24, 2.45) is 7.05 Å². The number of nitrogens with zero attached hydrogens (tertiary/aromatic N) is 2. The molecule has 0 aromatic carbocycles. The third kappa shape index (κ3) is 1.87. The SMILES string of the molecule is Cn1c(-c2ccccn2)cc(=S)[nH]c1=O. The van der Waals surface area contributed by atoms with Crippen molar-refractivity contribution in [2.45, 2.75) is 0 Å². The zero-order chi connectivity index (χ0) is 10.8. The Bertz CT molecular complexity index is 586. The highest BCUT2D eigenvalue weighted by Crippen LogP contribution is 2.12. The van der Waals surface area contributed by atoms with Crippen LogP contribution in [0.4, 0.5) is 0 Å². The molecule has 2 aromatic rings. The Hall–Kier alpha value is -1.75. The summed E-state index contributed by atoms with van der Waals surface area (Å²) in [5, 5.41) is 0. The molecule has 2 aromatic heterocycles. The highest BCUT2D eigenvalue weighted by molar-refractivity contribution is 7.71. The normalized spacial score (nSPS) is 10.2. The Kier molecular flexibility index (Phi) is 2.47. The van der Waals surface area contributed by atoms with Gasteiger partial charge in [0.1, 0.15) is 4.64 Å². The third-order valence-electron chi connectivity index (χ3n) is 2.09. The van der Waals surface area contributed by atoms with E-state index in [4.69, 9.17) is 12.2 Å². The van der Waals surface area contributed by atoms with Gasteiger partial charge in [0.25, 0.3) is 0 Å². The van der Waals surface area contributed by atoms with E-state index in [0.29, 0.717) is 10.3 Å². The van der Waals surface area contributed by atoms with Crippen LogP contribution >= 0.6 is 12.2 Å². The molecule has 76 valence electrons. The Morgan fingerprint density at radius 3 is 2.93 bits per heavy atom. The summed E-state index contributed by atoms with van der Waals surface area (Å²) in [6.45, 7) is 0. The highest BCUT2D eigenvalue weighted by Gasteiger charge is 2.03. The minimum atomic E-state index is -0.233. The van der Waals surface area contributed by atoms with Crippen molar-refractivity contribution < 1.29 is 0 Å². The predicted octanol–water partition coefficient (Wildman–Crippen LogP) is 1.50. The molecule has 1 N–H and O–H groups in total. The topological polar surface area (TPSA) is 50.7 Å². The minimum absolute atomic E-state index is 0.233. The van der Waals surface area contributed by atoms with Gasteiger partial charge in [-0.3, -0.25) is 14.5 Å². The van der Waals surface area contributed by atoms with E-state index in [9.17, 15) is 4.79 Å². The first-order chi connectivity index (χ1) is 7.18. The lowest BCUT2D eigenvalue weighted by Gasteiger charge is -2.05. The lowest BCUT2D eigenvalue weighted by atomic mass is 10.2. The molecule has 0 atom stereocenters. The van der Waals surface area contributed by atoms with Gasteiger partial charge in [0, 0.05) is 13.2 Å². The fourth-order valence-electron chi connectivity index (χ4n) is 1.32. The molecule has 0 saturated carbocycles. The molecule has 0 bridgehead atoms. The average molecular weight is 219 g/mol. The number of H-pyrrole nitrogens is 1. The summed E-state index contributed by atoms with van der Waals surface area (Å²) in [4.78, 5) is 18.2. The van der Waals surface area contributed by atoms with Gasteiger partial charge >= 0.3 is 5.69 Å². The molecular formula is C10H9N3OS. The number of aromatic nitrogens is 3. The van der Waals surface area contributed by atoms with E-state index >= 15 is 0 Å². The van der Waals surface area contributed by atoms with Crippen molar-refractivity contribution in [2.75, 3.05) is 0 Å². The zero-order valence-electron chi connectivity index (χ0n) is 8.10. The lowest BCUT2D eigenvalue weighted by Crippen LogP contribution is -2.21. The maximum atomic E-state index is 11.4. The molecule has 0 saturated heterocycles. The fourth-order valence-corrected chi connectivity index (χ4v) is 1.51. The molecule has 2 heterocycles. The van der Waals surface area contributed by atoms with Crippen molar-refractivity contribution in [1.82, 2.24) is 14.5 Å². The molecule has 4 nitrogen and oxygen atoms in total. The summed E-state index contributed by atoms with van der Waals surface area (Å²) in [7, 11) is 1.68. The second-order valence-electron chi connectivity index (χ2n) is 3.10. The van der Waals surface area contributed by atoms with Crippen molar-refractivity contribution in [3.05, 3.63) is 45.6 Å². The molecule has 0 amide bonds. The molecular weight excluding hydrogens is 210 g/mol. The van der Waals surface area contributed by atoms with Gasteiger partial charge < -0.3 is 0 Å². The number of nitrogens with one attached hydrogen (secondary N) is 1. The van der Waals surface area contributed by atoms with Crippen LogP contribution in [0.15, 0.2) is 35.3 Å². The van der Waals surface area contributed by atoms with Crippen LogP contribution in [0.25, 0.3) is 11.4 Å². The van der Waals surface area contributed by atoms with Crippen LogP contribution in [0.2, 0.25) is 0 Å². The number of hydrogen-bond acceptors (Lipinski definition) is 3. The molecule has 15 heavy (non-hydrogen) atoms.